The van der Waals surface area contributed by atoms with E-state index in [2.05, 4.69) is 5.32 Å². The predicted octanol–water partition coefficient (Wildman–Crippen LogP) is 1.61. The van der Waals surface area contributed by atoms with Crippen molar-refractivity contribution in [2.75, 3.05) is 56.2 Å². The summed E-state index contributed by atoms with van der Waals surface area (Å²) in [6, 6.07) is 4.72. The van der Waals surface area contributed by atoms with E-state index >= 15 is 0 Å². The Bertz CT molecular complexity index is 687. The lowest BCUT2D eigenvalue weighted by atomic mass is 10.2. The van der Waals surface area contributed by atoms with Gasteiger partial charge in [0.15, 0.2) is 0 Å². The number of amides is 2. The first-order chi connectivity index (χ1) is 12.4. The highest BCUT2D eigenvalue weighted by atomic mass is 19.1. The highest BCUT2D eigenvalue weighted by Gasteiger charge is 2.33. The Kier molecular flexibility index (Phi) is 6.98. The zero-order valence-corrected chi connectivity index (χ0v) is 14.9. The Morgan fingerprint density at radius 3 is 2.81 bits per heavy atom. The summed E-state index contributed by atoms with van der Waals surface area (Å²) in [5, 5.41) is 4.35. The first kappa shape index (κ1) is 20.9. The zero-order chi connectivity index (χ0) is 18.7. The van der Waals surface area contributed by atoms with E-state index in [1.807, 2.05) is 11.9 Å². The van der Waals surface area contributed by atoms with Crippen LogP contribution in [0.25, 0.3) is 0 Å². The fourth-order valence-electron chi connectivity index (χ4n) is 3.00. The van der Waals surface area contributed by atoms with Gasteiger partial charge in [0.25, 0.3) is 0 Å². The maximum Gasteiger partial charge on any atom is 0.414 e. The van der Waals surface area contributed by atoms with Gasteiger partial charge in [0.2, 0.25) is 5.91 Å². The second kappa shape index (κ2) is 9.01. The molecule has 0 aromatic heterocycles. The Morgan fingerprint density at radius 2 is 2.11 bits per heavy atom. The molecule has 2 saturated heterocycles. The van der Waals surface area contributed by atoms with E-state index in [1.165, 1.54) is 17.9 Å². The van der Waals surface area contributed by atoms with Crippen LogP contribution in [0.5, 0.6) is 0 Å². The van der Waals surface area contributed by atoms with Crippen LogP contribution in [0.1, 0.15) is 14.4 Å². The van der Waals surface area contributed by atoms with Crippen molar-refractivity contribution in [2.45, 2.75) is 20.5 Å². The number of cyclic esters (lactones) is 1. The molecule has 3 rings (SSSR count). The van der Waals surface area contributed by atoms with E-state index < -0.39 is 18.0 Å². The number of anilines is 2. The molecule has 8 nitrogen and oxygen atoms in total. The van der Waals surface area contributed by atoms with Crippen molar-refractivity contribution >= 4 is 23.4 Å². The summed E-state index contributed by atoms with van der Waals surface area (Å²) in [5.41, 5.74) is 0.916. The summed E-state index contributed by atoms with van der Waals surface area (Å²) < 4.78 is 19.9. The molecular formula is C18H27FN4O4. The van der Waals surface area contributed by atoms with Crippen LogP contribution in [-0.2, 0) is 14.4 Å². The van der Waals surface area contributed by atoms with Crippen LogP contribution < -0.4 is 15.1 Å². The van der Waals surface area contributed by atoms with Gasteiger partial charge >= 0.3 is 6.09 Å². The van der Waals surface area contributed by atoms with Gasteiger partial charge in [0.1, 0.15) is 11.9 Å². The molecular weight excluding hydrogens is 355 g/mol. The van der Waals surface area contributed by atoms with Crippen molar-refractivity contribution in [2.24, 2.45) is 0 Å². The van der Waals surface area contributed by atoms with Crippen molar-refractivity contribution in [3.8, 4) is 0 Å². The molecule has 0 unspecified atom stereocenters. The van der Waals surface area contributed by atoms with Gasteiger partial charge in [0, 0.05) is 33.6 Å². The van der Waals surface area contributed by atoms with Crippen molar-refractivity contribution in [1.29, 1.82) is 0 Å². The van der Waals surface area contributed by atoms with Gasteiger partial charge in [-0.05, 0) is 18.2 Å². The number of likely N-dealkylation sites (N-methyl/N-ethyl adjacent to an activating group) is 1. The lowest BCUT2D eigenvalue weighted by Crippen LogP contribution is -2.33. The quantitative estimate of drug-likeness (QED) is 0.853. The van der Waals surface area contributed by atoms with E-state index in [4.69, 9.17) is 9.57 Å². The SMILES string of the molecule is C.CC(=O)NC[C@H]1CN(c2ccc(N3CCON(C)CC3)c(F)c2)C(=O)O1. The third-order valence-electron chi connectivity index (χ3n) is 4.39. The molecule has 9 heteroatoms. The molecule has 0 saturated carbocycles. The molecule has 0 spiro atoms. The number of rotatable bonds is 4. The highest BCUT2D eigenvalue weighted by molar-refractivity contribution is 5.90. The molecule has 1 N–H and O–H groups in total. The number of halogens is 1. The van der Waals surface area contributed by atoms with Crippen molar-refractivity contribution in [3.63, 3.8) is 0 Å². The summed E-state index contributed by atoms with van der Waals surface area (Å²) in [4.78, 5) is 31.8. The first-order valence-corrected chi connectivity index (χ1v) is 8.55. The summed E-state index contributed by atoms with van der Waals surface area (Å²) in [7, 11) is 1.85. The van der Waals surface area contributed by atoms with Crippen LogP contribution in [0.15, 0.2) is 18.2 Å². The van der Waals surface area contributed by atoms with Crippen molar-refractivity contribution in [3.05, 3.63) is 24.0 Å². The molecule has 1 aromatic rings. The zero-order valence-electron chi connectivity index (χ0n) is 14.9. The lowest BCUT2D eigenvalue weighted by Gasteiger charge is -2.23. The van der Waals surface area contributed by atoms with Gasteiger partial charge in [-0.15, -0.1) is 0 Å². The van der Waals surface area contributed by atoms with Gasteiger partial charge in [-0.3, -0.25) is 14.5 Å². The largest absolute Gasteiger partial charge is 0.442 e. The minimum absolute atomic E-state index is 0. The van der Waals surface area contributed by atoms with E-state index in [0.29, 0.717) is 37.6 Å². The van der Waals surface area contributed by atoms with Gasteiger partial charge in [-0.25, -0.2) is 9.18 Å². The van der Waals surface area contributed by atoms with Gasteiger partial charge in [-0.2, -0.15) is 5.06 Å². The molecule has 150 valence electrons. The number of hydrogen-bond acceptors (Lipinski definition) is 6. The average molecular weight is 382 g/mol. The molecule has 2 heterocycles. The van der Waals surface area contributed by atoms with Crippen molar-refractivity contribution in [1.82, 2.24) is 10.4 Å². The van der Waals surface area contributed by atoms with E-state index in [9.17, 15) is 14.0 Å². The number of hydroxylamine groups is 2. The van der Waals surface area contributed by atoms with Crippen LogP contribution in [0.4, 0.5) is 20.6 Å². The third-order valence-corrected chi connectivity index (χ3v) is 4.39. The standard InChI is InChI=1S/C17H23FN4O4.CH4/c1-12(23)19-10-14-11-22(17(24)26-14)13-3-4-16(15(18)9-13)21-6-5-20(2)25-8-7-21;/h3-4,9,14H,5-8,10-11H2,1-2H3,(H,19,23);1H4/t14-;/m0./s1. The minimum Gasteiger partial charge on any atom is -0.442 e. The molecule has 2 fully saturated rings. The molecule has 1 aromatic carbocycles. The van der Waals surface area contributed by atoms with Crippen LogP contribution >= 0.6 is 0 Å². The molecule has 2 aliphatic heterocycles. The summed E-state index contributed by atoms with van der Waals surface area (Å²) in [6.45, 7) is 4.29. The monoisotopic (exact) mass is 382 g/mol. The Hall–Kier alpha value is -2.39. The number of carbonyl (C=O) groups excluding carboxylic acids is 2. The maximum absolute atomic E-state index is 14.7. The highest BCUT2D eigenvalue weighted by Crippen LogP contribution is 2.28. The second-order valence-corrected chi connectivity index (χ2v) is 6.36. The molecule has 0 aliphatic carbocycles. The smallest absolute Gasteiger partial charge is 0.414 e. The molecule has 2 aliphatic rings. The minimum atomic E-state index is -0.544. The normalized spacial score (nSPS) is 20.7. The van der Waals surface area contributed by atoms with E-state index in [1.54, 1.807) is 17.2 Å². The number of nitrogens with one attached hydrogen (secondary N) is 1. The predicted molar refractivity (Wildman–Crippen MR) is 100 cm³/mol. The number of ether oxygens (including phenoxy) is 1. The molecule has 2 amide bonds. The van der Waals surface area contributed by atoms with Crippen LogP contribution in [0, 0.1) is 5.82 Å². The van der Waals surface area contributed by atoms with Gasteiger partial charge in [0.05, 0.1) is 31.1 Å². The molecule has 0 radical (unpaired) electrons. The Labute approximate surface area is 158 Å². The molecule has 0 bridgehead atoms. The van der Waals surface area contributed by atoms with Crippen molar-refractivity contribution < 1.29 is 23.6 Å². The first-order valence-electron chi connectivity index (χ1n) is 8.55. The fraction of sp³-hybridized carbons (Fsp3) is 0.556. The van der Waals surface area contributed by atoms with Gasteiger partial charge in [-0.1, -0.05) is 7.43 Å². The number of nitrogens with zero attached hydrogens (tertiary/aromatic N) is 3. The summed E-state index contributed by atoms with van der Waals surface area (Å²) in [5.74, 6) is -0.591. The summed E-state index contributed by atoms with van der Waals surface area (Å²) in [6.07, 6.45) is -0.996. The van der Waals surface area contributed by atoms with E-state index in [-0.39, 0.29) is 26.4 Å². The lowest BCUT2D eigenvalue weighted by molar-refractivity contribution is -0.126. The molecule has 1 atom stereocenters. The second-order valence-electron chi connectivity index (χ2n) is 6.36. The van der Waals surface area contributed by atoms with Crippen LogP contribution in [-0.4, -0.2) is 69.5 Å². The Balaban J connectivity index is 0.00000261. The Morgan fingerprint density at radius 1 is 1.33 bits per heavy atom. The number of hydrogen-bond donors (Lipinski definition) is 1. The molecule has 27 heavy (non-hydrogen) atoms. The van der Waals surface area contributed by atoms with Crippen LogP contribution in [0.3, 0.4) is 0 Å². The van der Waals surface area contributed by atoms with Crippen LogP contribution in [0.2, 0.25) is 0 Å². The average Bonchev–Trinajstić information content (AvgIpc) is 2.83. The fourth-order valence-corrected chi connectivity index (χ4v) is 3.00. The number of benzene rings is 1. The van der Waals surface area contributed by atoms with E-state index in [0.717, 1.165) is 0 Å². The number of carbonyl (C=O) groups is 2. The maximum atomic E-state index is 14.7. The summed E-state index contributed by atoms with van der Waals surface area (Å²) >= 11 is 0. The topological polar surface area (TPSA) is 74.4 Å². The van der Waals surface area contributed by atoms with Gasteiger partial charge < -0.3 is 15.0 Å². The third kappa shape index (κ3) is 5.08.